The molecule has 0 aromatic carbocycles. The fourth-order valence-corrected chi connectivity index (χ4v) is 1.35. The topological polar surface area (TPSA) is 99.1 Å². The Bertz CT molecular complexity index is 489. The molecule has 4 N–H and O–H groups in total. The molecule has 0 saturated carbocycles. The molecule has 0 unspecified atom stereocenters. The monoisotopic (exact) mass is 241 g/mol. The van der Waals surface area contributed by atoms with Gasteiger partial charge in [-0.2, -0.15) is 0 Å². The molecule has 5 nitrogen and oxygen atoms in total. The molecule has 1 rings (SSSR count). The van der Waals surface area contributed by atoms with Crippen LogP contribution in [0.25, 0.3) is 0 Å². The number of halogens is 3. The molecule has 0 saturated heterocycles. The lowest BCUT2D eigenvalue weighted by atomic mass is 10.3. The second kappa shape index (κ2) is 3.66. The Labute approximate surface area is 83.0 Å². The van der Waals surface area contributed by atoms with E-state index in [2.05, 4.69) is 10.1 Å². The number of sulfonamides is 1. The van der Waals surface area contributed by atoms with Crippen LogP contribution in [0.4, 0.5) is 18.9 Å². The molecule has 1 aromatic rings. The average Bonchev–Trinajstić information content (AvgIpc) is 2.06. The van der Waals surface area contributed by atoms with Gasteiger partial charge in [0.05, 0.1) is 5.69 Å². The third-order valence-electron chi connectivity index (χ3n) is 1.49. The van der Waals surface area contributed by atoms with Crippen molar-refractivity contribution in [3.8, 4) is 0 Å². The van der Waals surface area contributed by atoms with Crippen LogP contribution in [0.1, 0.15) is 12.1 Å². The first kappa shape index (κ1) is 11.7. The summed E-state index contributed by atoms with van der Waals surface area (Å²) < 4.78 is 58.8. The Balaban J connectivity index is 3.50. The molecule has 84 valence electrons. The van der Waals surface area contributed by atoms with Crippen molar-refractivity contribution >= 4 is 15.7 Å². The van der Waals surface area contributed by atoms with Gasteiger partial charge >= 0.3 is 0 Å². The summed E-state index contributed by atoms with van der Waals surface area (Å²) in [6, 6.07) is 0.580. The van der Waals surface area contributed by atoms with Crippen LogP contribution in [0, 0.1) is 5.82 Å². The van der Waals surface area contributed by atoms with Gasteiger partial charge < -0.3 is 5.73 Å². The van der Waals surface area contributed by atoms with Crippen molar-refractivity contribution < 1.29 is 21.6 Å². The van der Waals surface area contributed by atoms with Gasteiger partial charge in [-0.3, -0.25) is 0 Å². The molecule has 0 amide bonds. The number of primary sulfonamides is 1. The van der Waals surface area contributed by atoms with Crippen LogP contribution in [-0.4, -0.2) is 13.4 Å². The summed E-state index contributed by atoms with van der Waals surface area (Å²) in [6.45, 7) is 0. The van der Waals surface area contributed by atoms with E-state index < -0.39 is 38.7 Å². The lowest BCUT2D eigenvalue weighted by molar-refractivity contribution is 0.140. The number of nitrogen functional groups attached to an aromatic ring is 1. The number of rotatable bonds is 2. The summed E-state index contributed by atoms with van der Waals surface area (Å²) in [4.78, 5) is 2.89. The zero-order chi connectivity index (χ0) is 11.8. The number of nitrogens with zero attached hydrogens (tertiary/aromatic N) is 1. The molecule has 0 aliphatic carbocycles. The van der Waals surface area contributed by atoms with E-state index in [1.807, 2.05) is 0 Å². The number of aromatic nitrogens is 1. The standard InChI is InChI=1S/C6H6F3N3O2S/c7-4-2(10)1-3(15(11,13)14)12-5(4)6(8)9/h1,6H,(H2,10,12)(H2,11,13,14). The predicted octanol–water partition coefficient (Wildman–Crippen LogP) is 0.388. The summed E-state index contributed by atoms with van der Waals surface area (Å²) >= 11 is 0. The van der Waals surface area contributed by atoms with Crippen LogP contribution in [0.15, 0.2) is 11.1 Å². The number of hydrogen-bond acceptors (Lipinski definition) is 4. The summed E-state index contributed by atoms with van der Waals surface area (Å²) in [5.41, 5.74) is 2.91. The van der Waals surface area contributed by atoms with Crippen molar-refractivity contribution in [1.29, 1.82) is 0 Å². The Morgan fingerprint density at radius 2 is 1.93 bits per heavy atom. The molecule has 1 aromatic heterocycles. The van der Waals surface area contributed by atoms with Crippen LogP contribution < -0.4 is 10.9 Å². The van der Waals surface area contributed by atoms with Gasteiger partial charge in [0.2, 0.25) is 0 Å². The molecule has 0 fully saturated rings. The lowest BCUT2D eigenvalue weighted by Crippen LogP contribution is -2.16. The van der Waals surface area contributed by atoms with E-state index in [1.165, 1.54) is 0 Å². The van der Waals surface area contributed by atoms with E-state index >= 15 is 0 Å². The van der Waals surface area contributed by atoms with Gasteiger partial charge in [-0.25, -0.2) is 31.7 Å². The SMILES string of the molecule is Nc1cc(S(N)(=O)=O)nc(C(F)F)c1F. The fraction of sp³-hybridized carbons (Fsp3) is 0.167. The van der Waals surface area contributed by atoms with Gasteiger partial charge in [-0.15, -0.1) is 0 Å². The van der Waals surface area contributed by atoms with Crippen LogP contribution >= 0.6 is 0 Å². The van der Waals surface area contributed by atoms with E-state index in [-0.39, 0.29) is 0 Å². The molecule has 0 aliphatic heterocycles. The van der Waals surface area contributed by atoms with Crippen LogP contribution in [0.5, 0.6) is 0 Å². The smallest absolute Gasteiger partial charge is 0.283 e. The van der Waals surface area contributed by atoms with E-state index in [9.17, 15) is 21.6 Å². The van der Waals surface area contributed by atoms with Gasteiger partial charge in [0.15, 0.2) is 10.8 Å². The van der Waals surface area contributed by atoms with E-state index in [1.54, 1.807) is 0 Å². The molecule has 0 radical (unpaired) electrons. The van der Waals surface area contributed by atoms with Gasteiger partial charge in [-0.1, -0.05) is 0 Å². The lowest BCUT2D eigenvalue weighted by Gasteiger charge is -2.06. The van der Waals surface area contributed by atoms with Gasteiger partial charge in [-0.05, 0) is 0 Å². The third kappa shape index (κ3) is 2.36. The Morgan fingerprint density at radius 1 is 1.40 bits per heavy atom. The van der Waals surface area contributed by atoms with Crippen LogP contribution in [0.2, 0.25) is 0 Å². The maximum Gasteiger partial charge on any atom is 0.283 e. The van der Waals surface area contributed by atoms with Crippen molar-refractivity contribution in [2.24, 2.45) is 5.14 Å². The van der Waals surface area contributed by atoms with E-state index in [0.717, 1.165) is 0 Å². The molecule has 0 spiro atoms. The molecule has 9 heteroatoms. The minimum absolute atomic E-state index is 0.580. The Kier molecular flexibility index (Phi) is 2.86. The van der Waals surface area contributed by atoms with Crippen molar-refractivity contribution in [1.82, 2.24) is 4.98 Å². The highest BCUT2D eigenvalue weighted by atomic mass is 32.2. The summed E-state index contributed by atoms with van der Waals surface area (Å²) in [6.07, 6.45) is -3.27. The first-order valence-electron chi connectivity index (χ1n) is 3.50. The number of anilines is 1. The van der Waals surface area contributed by atoms with Gasteiger partial charge in [0.1, 0.15) is 5.69 Å². The maximum absolute atomic E-state index is 12.9. The van der Waals surface area contributed by atoms with Crippen molar-refractivity contribution in [2.45, 2.75) is 11.5 Å². The highest BCUT2D eigenvalue weighted by Gasteiger charge is 2.22. The highest BCUT2D eigenvalue weighted by molar-refractivity contribution is 7.89. The number of pyridine rings is 1. The molecule has 0 aliphatic rings. The van der Waals surface area contributed by atoms with Crippen molar-refractivity contribution in [2.75, 3.05) is 5.73 Å². The minimum Gasteiger partial charge on any atom is -0.396 e. The zero-order valence-electron chi connectivity index (χ0n) is 7.12. The van der Waals surface area contributed by atoms with E-state index in [4.69, 9.17) is 5.73 Å². The molecule has 15 heavy (non-hydrogen) atoms. The molecule has 0 bridgehead atoms. The van der Waals surface area contributed by atoms with Crippen LogP contribution in [0.3, 0.4) is 0 Å². The van der Waals surface area contributed by atoms with Crippen molar-refractivity contribution in [3.63, 3.8) is 0 Å². The first-order valence-corrected chi connectivity index (χ1v) is 5.05. The second-order valence-electron chi connectivity index (χ2n) is 2.59. The molecular formula is C6H6F3N3O2S. The molecular weight excluding hydrogens is 235 g/mol. The van der Waals surface area contributed by atoms with Gasteiger partial charge in [0, 0.05) is 6.07 Å². The zero-order valence-corrected chi connectivity index (χ0v) is 7.93. The molecule has 1 heterocycles. The fourth-order valence-electron chi connectivity index (χ4n) is 0.835. The predicted molar refractivity (Wildman–Crippen MR) is 44.9 cm³/mol. The maximum atomic E-state index is 12.9. The summed E-state index contributed by atoms with van der Waals surface area (Å²) in [5, 5.41) is 3.74. The first-order chi connectivity index (χ1) is 6.73. The normalized spacial score (nSPS) is 12.1. The van der Waals surface area contributed by atoms with Gasteiger partial charge in [0.25, 0.3) is 16.4 Å². The highest BCUT2D eigenvalue weighted by Crippen LogP contribution is 2.25. The van der Waals surface area contributed by atoms with E-state index in [0.29, 0.717) is 6.07 Å². The molecule has 0 atom stereocenters. The average molecular weight is 241 g/mol. The second-order valence-corrected chi connectivity index (χ2v) is 4.10. The summed E-state index contributed by atoms with van der Waals surface area (Å²) in [7, 11) is -4.29. The number of hydrogen-bond donors (Lipinski definition) is 2. The Hall–Kier alpha value is -1.35. The quantitative estimate of drug-likeness (QED) is 0.782. The minimum atomic E-state index is -4.29. The Morgan fingerprint density at radius 3 is 2.33 bits per heavy atom. The van der Waals surface area contributed by atoms with Crippen LogP contribution in [-0.2, 0) is 10.0 Å². The van der Waals surface area contributed by atoms with Crippen molar-refractivity contribution in [3.05, 3.63) is 17.6 Å². The summed E-state index contributed by atoms with van der Waals surface area (Å²) in [5.74, 6) is -1.45. The largest absolute Gasteiger partial charge is 0.396 e. The number of nitrogens with two attached hydrogens (primary N) is 2. The number of alkyl halides is 2. The third-order valence-corrected chi connectivity index (χ3v) is 2.28.